The first-order chi connectivity index (χ1) is 12.1. The molecule has 25 heavy (non-hydrogen) atoms. The summed E-state index contributed by atoms with van der Waals surface area (Å²) in [4.78, 5) is 10.3. The molecule has 4 aromatic rings. The minimum Gasteiger partial charge on any atom is -0.258 e. The van der Waals surface area contributed by atoms with Crippen molar-refractivity contribution in [3.8, 4) is 0 Å². The Morgan fingerprint density at radius 3 is 1.92 bits per heavy atom. The molecule has 0 unspecified atom stereocenters. The Hall–Kier alpha value is -2.24. The van der Waals surface area contributed by atoms with Crippen LogP contribution in [0.1, 0.15) is 0 Å². The lowest BCUT2D eigenvalue weighted by atomic mass is 10.1. The molecule has 3 nitrogen and oxygen atoms in total. The molecule has 0 aromatic heterocycles. The van der Waals surface area contributed by atoms with E-state index in [9.17, 15) is 10.1 Å². The van der Waals surface area contributed by atoms with E-state index in [0.29, 0.717) is 5.39 Å². The van der Waals surface area contributed by atoms with Crippen LogP contribution in [0, 0.1) is 10.1 Å². The van der Waals surface area contributed by atoms with Gasteiger partial charge in [-0.1, -0.05) is 60.7 Å². The van der Waals surface area contributed by atoms with Crippen molar-refractivity contribution in [3.63, 3.8) is 0 Å². The molecule has 0 amide bonds. The number of nitro benzene ring substituents is 1. The highest BCUT2D eigenvalue weighted by Crippen LogP contribution is 2.30. The van der Waals surface area contributed by atoms with Crippen molar-refractivity contribution in [2.75, 3.05) is 0 Å². The van der Waals surface area contributed by atoms with Crippen LogP contribution >= 0.6 is 31.9 Å². The molecule has 0 spiro atoms. The fourth-order valence-corrected chi connectivity index (χ4v) is 3.41. The predicted octanol–water partition coefficient (Wildman–Crippen LogP) is 7.11. The lowest BCUT2D eigenvalue weighted by molar-refractivity contribution is -0.383. The largest absolute Gasteiger partial charge is 0.277 e. The van der Waals surface area contributed by atoms with Crippen molar-refractivity contribution >= 4 is 59.1 Å². The lowest BCUT2D eigenvalue weighted by Gasteiger charge is -2.01. The zero-order valence-corrected chi connectivity index (χ0v) is 16.2. The van der Waals surface area contributed by atoms with E-state index in [0.717, 1.165) is 14.3 Å². The molecule has 0 bridgehead atoms. The standard InChI is InChI=1S/C10H6Br2.C10H7NO2/c11-9-6-5-7-3-1-2-4-8(7)10(9)12;12-11(13)10-7-3-5-8-4-1-2-6-9(8)10/h1-6H;1-7H. The number of nitro groups is 1. The first-order valence-corrected chi connectivity index (χ1v) is 9.11. The maximum atomic E-state index is 10.6. The van der Waals surface area contributed by atoms with Crippen molar-refractivity contribution in [1.29, 1.82) is 0 Å². The molecule has 0 atom stereocenters. The summed E-state index contributed by atoms with van der Waals surface area (Å²) in [6.45, 7) is 0. The van der Waals surface area contributed by atoms with Crippen LogP contribution in [0.5, 0.6) is 0 Å². The van der Waals surface area contributed by atoms with Gasteiger partial charge in [0.05, 0.1) is 10.3 Å². The number of benzene rings is 4. The van der Waals surface area contributed by atoms with Gasteiger partial charge in [-0.2, -0.15) is 0 Å². The number of non-ortho nitro benzene ring substituents is 1. The minimum absolute atomic E-state index is 0.165. The maximum absolute atomic E-state index is 10.6. The summed E-state index contributed by atoms with van der Waals surface area (Å²) in [5.41, 5.74) is 0.165. The molecule has 0 heterocycles. The zero-order valence-electron chi connectivity index (χ0n) is 13.0. The quantitative estimate of drug-likeness (QED) is 0.225. The average molecular weight is 459 g/mol. The van der Waals surface area contributed by atoms with Crippen LogP contribution in [0.4, 0.5) is 5.69 Å². The Kier molecular flexibility index (Phi) is 5.46. The summed E-state index contributed by atoms with van der Waals surface area (Å²) in [5.74, 6) is 0. The van der Waals surface area contributed by atoms with Crippen LogP contribution in [0.2, 0.25) is 0 Å². The SMILES string of the molecule is Brc1ccc2ccccc2c1Br.O=[N+]([O-])c1cccc2ccccc12. The van der Waals surface area contributed by atoms with Gasteiger partial charge in [-0.15, -0.1) is 0 Å². The summed E-state index contributed by atoms with van der Waals surface area (Å²) in [6, 6.07) is 24.8. The third-order valence-electron chi connectivity index (χ3n) is 3.78. The summed E-state index contributed by atoms with van der Waals surface area (Å²) < 4.78 is 2.22. The second-order valence-electron chi connectivity index (χ2n) is 5.34. The number of halogens is 2. The maximum Gasteiger partial charge on any atom is 0.277 e. The lowest BCUT2D eigenvalue weighted by Crippen LogP contribution is -1.88. The van der Waals surface area contributed by atoms with Crippen LogP contribution in [0.3, 0.4) is 0 Å². The molecule has 0 aliphatic heterocycles. The Balaban J connectivity index is 0.000000146. The van der Waals surface area contributed by atoms with Gasteiger partial charge in [0.1, 0.15) is 0 Å². The van der Waals surface area contributed by atoms with E-state index in [1.807, 2.05) is 36.4 Å². The Morgan fingerprint density at radius 2 is 1.24 bits per heavy atom. The molecule has 4 rings (SSSR count). The van der Waals surface area contributed by atoms with Gasteiger partial charge in [0.25, 0.3) is 5.69 Å². The van der Waals surface area contributed by atoms with Crippen LogP contribution in [-0.4, -0.2) is 4.92 Å². The monoisotopic (exact) mass is 457 g/mol. The average Bonchev–Trinajstić information content (AvgIpc) is 2.65. The second-order valence-corrected chi connectivity index (χ2v) is 6.99. The Morgan fingerprint density at radius 1 is 0.680 bits per heavy atom. The fourth-order valence-electron chi connectivity index (χ4n) is 2.57. The van der Waals surface area contributed by atoms with Crippen LogP contribution in [0.15, 0.2) is 87.8 Å². The molecule has 0 N–H and O–H groups in total. The molecule has 5 heteroatoms. The van der Waals surface area contributed by atoms with Gasteiger partial charge >= 0.3 is 0 Å². The Bertz CT molecular complexity index is 1060. The zero-order chi connectivity index (χ0) is 17.8. The molecule has 0 saturated carbocycles. The van der Waals surface area contributed by atoms with Gasteiger partial charge in [-0.05, 0) is 60.2 Å². The summed E-state index contributed by atoms with van der Waals surface area (Å²) in [5, 5.41) is 14.7. The smallest absolute Gasteiger partial charge is 0.258 e. The molecule has 0 aliphatic rings. The molecule has 0 radical (unpaired) electrons. The normalized spacial score (nSPS) is 10.3. The molecule has 124 valence electrons. The van der Waals surface area contributed by atoms with E-state index in [-0.39, 0.29) is 10.6 Å². The third kappa shape index (κ3) is 3.89. The second kappa shape index (κ2) is 7.76. The van der Waals surface area contributed by atoms with Gasteiger partial charge in [0.2, 0.25) is 0 Å². The van der Waals surface area contributed by atoms with Gasteiger partial charge < -0.3 is 0 Å². The number of rotatable bonds is 1. The number of hydrogen-bond acceptors (Lipinski definition) is 2. The fraction of sp³-hybridized carbons (Fsp3) is 0. The minimum atomic E-state index is -0.359. The summed E-state index contributed by atoms with van der Waals surface area (Å²) in [6.07, 6.45) is 0. The van der Waals surface area contributed by atoms with Gasteiger partial charge in [-0.3, -0.25) is 10.1 Å². The Labute approximate surface area is 161 Å². The van der Waals surface area contributed by atoms with Crippen molar-refractivity contribution in [2.45, 2.75) is 0 Å². The van der Waals surface area contributed by atoms with Crippen molar-refractivity contribution in [2.24, 2.45) is 0 Å². The molecule has 0 aliphatic carbocycles. The van der Waals surface area contributed by atoms with E-state index in [1.165, 1.54) is 16.8 Å². The molecular formula is C20H13Br2NO2. The van der Waals surface area contributed by atoms with Gasteiger partial charge in [0, 0.05) is 15.0 Å². The van der Waals surface area contributed by atoms with Crippen molar-refractivity contribution in [3.05, 3.63) is 97.9 Å². The topological polar surface area (TPSA) is 43.1 Å². The molecule has 0 fully saturated rings. The molecule has 0 saturated heterocycles. The number of nitrogens with zero attached hydrogens (tertiary/aromatic N) is 1. The summed E-state index contributed by atoms with van der Waals surface area (Å²) in [7, 11) is 0. The summed E-state index contributed by atoms with van der Waals surface area (Å²) >= 11 is 7.00. The van der Waals surface area contributed by atoms with E-state index in [4.69, 9.17) is 0 Å². The number of hydrogen-bond donors (Lipinski definition) is 0. The highest BCUT2D eigenvalue weighted by molar-refractivity contribution is 9.13. The van der Waals surface area contributed by atoms with Crippen LogP contribution in [-0.2, 0) is 0 Å². The molecule has 4 aromatic carbocycles. The van der Waals surface area contributed by atoms with Crippen LogP contribution < -0.4 is 0 Å². The van der Waals surface area contributed by atoms with E-state index in [2.05, 4.69) is 50.1 Å². The van der Waals surface area contributed by atoms with E-state index in [1.54, 1.807) is 18.2 Å². The first-order valence-electron chi connectivity index (χ1n) is 7.53. The van der Waals surface area contributed by atoms with Crippen molar-refractivity contribution < 1.29 is 4.92 Å². The number of fused-ring (bicyclic) bond motifs is 2. The first kappa shape index (κ1) is 17.6. The highest BCUT2D eigenvalue weighted by atomic mass is 79.9. The van der Waals surface area contributed by atoms with E-state index < -0.39 is 0 Å². The highest BCUT2D eigenvalue weighted by Gasteiger charge is 2.08. The van der Waals surface area contributed by atoms with Gasteiger partial charge in [0.15, 0.2) is 0 Å². The predicted molar refractivity (Wildman–Crippen MR) is 110 cm³/mol. The van der Waals surface area contributed by atoms with E-state index >= 15 is 0 Å². The third-order valence-corrected chi connectivity index (χ3v) is 5.83. The molecular weight excluding hydrogens is 446 g/mol. The van der Waals surface area contributed by atoms with Crippen molar-refractivity contribution in [1.82, 2.24) is 0 Å². The van der Waals surface area contributed by atoms with Crippen LogP contribution in [0.25, 0.3) is 21.5 Å². The van der Waals surface area contributed by atoms with Gasteiger partial charge in [-0.25, -0.2) is 0 Å².